The Bertz CT molecular complexity index is 668. The van der Waals surface area contributed by atoms with Gasteiger partial charge in [-0.05, 0) is 19.1 Å². The standard InChI is InChI=1S/C14H13NO5/c1-9(8-14(16)17)20-13-7-6-12(15(18)19)10-4-2-3-5-11(10)13/h2-7,9H,8H2,1H3,(H,16,17)/t9-/m1/s1. The van der Waals surface area contributed by atoms with Crippen molar-refractivity contribution in [3.63, 3.8) is 0 Å². The van der Waals surface area contributed by atoms with E-state index in [1.807, 2.05) is 0 Å². The zero-order chi connectivity index (χ0) is 14.7. The summed E-state index contributed by atoms with van der Waals surface area (Å²) in [5.74, 6) is -0.510. The number of nitro groups is 1. The van der Waals surface area contributed by atoms with Crippen LogP contribution in [0.3, 0.4) is 0 Å². The van der Waals surface area contributed by atoms with Gasteiger partial charge in [-0.1, -0.05) is 18.2 Å². The van der Waals surface area contributed by atoms with Crippen LogP contribution < -0.4 is 4.74 Å². The molecule has 1 N–H and O–H groups in total. The number of nitro benzene ring substituents is 1. The first-order chi connectivity index (χ1) is 9.49. The molecule has 0 aliphatic carbocycles. The number of aliphatic carboxylic acids is 1. The average molecular weight is 275 g/mol. The highest BCUT2D eigenvalue weighted by atomic mass is 16.6. The topological polar surface area (TPSA) is 89.7 Å². The van der Waals surface area contributed by atoms with Gasteiger partial charge in [0.25, 0.3) is 5.69 Å². The second-order valence-electron chi connectivity index (χ2n) is 4.41. The molecule has 0 spiro atoms. The molecular weight excluding hydrogens is 262 g/mol. The van der Waals surface area contributed by atoms with Crippen LogP contribution in [0.25, 0.3) is 10.8 Å². The molecule has 20 heavy (non-hydrogen) atoms. The third-order valence-electron chi connectivity index (χ3n) is 2.85. The van der Waals surface area contributed by atoms with Gasteiger partial charge in [-0.3, -0.25) is 14.9 Å². The average Bonchev–Trinajstić information content (AvgIpc) is 2.37. The summed E-state index contributed by atoms with van der Waals surface area (Å²) in [5.41, 5.74) is -0.00108. The highest BCUT2D eigenvalue weighted by molar-refractivity contribution is 5.95. The van der Waals surface area contributed by atoms with Crippen LogP contribution in [0.2, 0.25) is 0 Å². The lowest BCUT2D eigenvalue weighted by Gasteiger charge is -2.14. The number of carbonyl (C=O) groups is 1. The zero-order valence-electron chi connectivity index (χ0n) is 10.8. The maximum absolute atomic E-state index is 11.0. The Kier molecular flexibility index (Phi) is 3.84. The van der Waals surface area contributed by atoms with Gasteiger partial charge in [0.1, 0.15) is 11.9 Å². The molecule has 0 aliphatic heterocycles. The lowest BCUT2D eigenvalue weighted by atomic mass is 10.1. The Morgan fingerprint density at radius 3 is 2.55 bits per heavy atom. The number of fused-ring (bicyclic) bond motifs is 1. The van der Waals surface area contributed by atoms with Crippen LogP contribution >= 0.6 is 0 Å². The first-order valence-corrected chi connectivity index (χ1v) is 6.03. The maximum Gasteiger partial charge on any atom is 0.307 e. The maximum atomic E-state index is 11.0. The quantitative estimate of drug-likeness (QED) is 0.669. The molecular formula is C14H13NO5. The summed E-state index contributed by atoms with van der Waals surface area (Å²) in [5, 5.41) is 20.8. The number of carboxylic acids is 1. The number of hydrogen-bond acceptors (Lipinski definition) is 4. The fourth-order valence-electron chi connectivity index (χ4n) is 2.02. The van der Waals surface area contributed by atoms with E-state index < -0.39 is 17.0 Å². The predicted octanol–water partition coefficient (Wildman–Crippen LogP) is 2.99. The highest BCUT2D eigenvalue weighted by Gasteiger charge is 2.16. The molecule has 2 rings (SSSR count). The molecule has 2 aromatic carbocycles. The summed E-state index contributed by atoms with van der Waals surface area (Å²) >= 11 is 0. The van der Waals surface area contributed by atoms with Crippen molar-refractivity contribution < 1.29 is 19.6 Å². The monoisotopic (exact) mass is 275 g/mol. The van der Waals surface area contributed by atoms with E-state index in [1.165, 1.54) is 12.1 Å². The van der Waals surface area contributed by atoms with Gasteiger partial charge in [-0.15, -0.1) is 0 Å². The van der Waals surface area contributed by atoms with Gasteiger partial charge < -0.3 is 9.84 Å². The summed E-state index contributed by atoms with van der Waals surface area (Å²) in [6, 6.07) is 9.68. The molecule has 2 aromatic rings. The van der Waals surface area contributed by atoms with Gasteiger partial charge in [-0.25, -0.2) is 0 Å². The molecule has 6 heteroatoms. The molecule has 0 saturated carbocycles. The van der Waals surface area contributed by atoms with E-state index in [9.17, 15) is 14.9 Å². The number of benzene rings is 2. The van der Waals surface area contributed by atoms with Crippen molar-refractivity contribution in [2.24, 2.45) is 0 Å². The molecule has 0 radical (unpaired) electrons. The Balaban J connectivity index is 2.43. The first-order valence-electron chi connectivity index (χ1n) is 6.03. The van der Waals surface area contributed by atoms with E-state index in [4.69, 9.17) is 9.84 Å². The van der Waals surface area contributed by atoms with Gasteiger partial charge in [0, 0.05) is 11.5 Å². The Hall–Kier alpha value is -2.63. The molecule has 0 aromatic heterocycles. The SMILES string of the molecule is C[C@H](CC(=O)O)Oc1ccc([N+](=O)[O-])c2ccccc12. The molecule has 0 aliphatic rings. The van der Waals surface area contributed by atoms with E-state index in [0.29, 0.717) is 16.5 Å². The van der Waals surface area contributed by atoms with Gasteiger partial charge in [0.2, 0.25) is 0 Å². The zero-order valence-corrected chi connectivity index (χ0v) is 10.8. The van der Waals surface area contributed by atoms with Gasteiger partial charge >= 0.3 is 5.97 Å². The summed E-state index contributed by atoms with van der Waals surface area (Å²) in [6.45, 7) is 1.64. The normalized spacial score (nSPS) is 12.1. The van der Waals surface area contributed by atoms with Crippen LogP contribution in [0, 0.1) is 10.1 Å². The van der Waals surface area contributed by atoms with E-state index in [-0.39, 0.29) is 12.1 Å². The fraction of sp³-hybridized carbons (Fsp3) is 0.214. The lowest BCUT2D eigenvalue weighted by molar-refractivity contribution is -0.383. The fourth-order valence-corrected chi connectivity index (χ4v) is 2.02. The van der Waals surface area contributed by atoms with Crippen LogP contribution in [0.1, 0.15) is 13.3 Å². The third kappa shape index (κ3) is 2.85. The van der Waals surface area contributed by atoms with Crippen LogP contribution in [0.15, 0.2) is 36.4 Å². The highest BCUT2D eigenvalue weighted by Crippen LogP contribution is 2.33. The summed E-state index contributed by atoms with van der Waals surface area (Å²) < 4.78 is 5.57. The molecule has 0 fully saturated rings. The molecule has 0 amide bonds. The summed E-state index contributed by atoms with van der Waals surface area (Å²) in [4.78, 5) is 21.2. The van der Waals surface area contributed by atoms with Crippen molar-refractivity contribution in [1.29, 1.82) is 0 Å². The van der Waals surface area contributed by atoms with Crippen molar-refractivity contribution in [3.8, 4) is 5.75 Å². The van der Waals surface area contributed by atoms with E-state index >= 15 is 0 Å². The molecule has 6 nitrogen and oxygen atoms in total. The molecule has 1 atom stereocenters. The molecule has 0 unspecified atom stereocenters. The van der Waals surface area contributed by atoms with Crippen LogP contribution in [-0.2, 0) is 4.79 Å². The van der Waals surface area contributed by atoms with E-state index in [1.54, 1.807) is 31.2 Å². The second-order valence-corrected chi connectivity index (χ2v) is 4.41. The number of carboxylic acid groups (broad SMARTS) is 1. The van der Waals surface area contributed by atoms with Crippen molar-refractivity contribution in [3.05, 3.63) is 46.5 Å². The first kappa shape index (κ1) is 13.8. The number of non-ortho nitro benzene ring substituents is 1. The van der Waals surface area contributed by atoms with Crippen LogP contribution in [-0.4, -0.2) is 22.1 Å². The number of rotatable bonds is 5. The third-order valence-corrected chi connectivity index (χ3v) is 2.85. The number of ether oxygens (including phenoxy) is 1. The van der Waals surface area contributed by atoms with Crippen molar-refractivity contribution in [2.45, 2.75) is 19.4 Å². The van der Waals surface area contributed by atoms with Crippen LogP contribution in [0.5, 0.6) is 5.75 Å². The summed E-state index contributed by atoms with van der Waals surface area (Å²) in [6.07, 6.45) is -0.650. The Morgan fingerprint density at radius 1 is 1.30 bits per heavy atom. The van der Waals surface area contributed by atoms with Gasteiger partial charge in [0.15, 0.2) is 0 Å². The van der Waals surface area contributed by atoms with E-state index in [0.717, 1.165) is 0 Å². The van der Waals surface area contributed by atoms with Crippen LogP contribution in [0.4, 0.5) is 5.69 Å². The predicted molar refractivity (Wildman–Crippen MR) is 72.9 cm³/mol. The minimum atomic E-state index is -0.955. The smallest absolute Gasteiger partial charge is 0.307 e. The number of hydrogen-bond donors (Lipinski definition) is 1. The molecule has 0 heterocycles. The summed E-state index contributed by atoms with van der Waals surface area (Å²) in [7, 11) is 0. The Morgan fingerprint density at radius 2 is 1.95 bits per heavy atom. The van der Waals surface area contributed by atoms with Gasteiger partial charge in [-0.2, -0.15) is 0 Å². The molecule has 0 saturated heterocycles. The van der Waals surface area contributed by atoms with Crippen molar-refractivity contribution in [1.82, 2.24) is 0 Å². The Labute approximate surface area is 114 Å². The van der Waals surface area contributed by atoms with Crippen molar-refractivity contribution >= 4 is 22.4 Å². The minimum Gasteiger partial charge on any atom is -0.489 e. The van der Waals surface area contributed by atoms with Crippen molar-refractivity contribution in [2.75, 3.05) is 0 Å². The molecule has 104 valence electrons. The second kappa shape index (κ2) is 5.56. The van der Waals surface area contributed by atoms with Gasteiger partial charge in [0.05, 0.1) is 16.7 Å². The lowest BCUT2D eigenvalue weighted by Crippen LogP contribution is -2.16. The largest absolute Gasteiger partial charge is 0.489 e. The molecule has 0 bridgehead atoms. The van der Waals surface area contributed by atoms with E-state index in [2.05, 4.69) is 0 Å². The minimum absolute atomic E-state index is 0.00108. The number of nitrogens with zero attached hydrogens (tertiary/aromatic N) is 1.